The molecule has 0 bridgehead atoms. The molecule has 0 atom stereocenters. The lowest BCUT2D eigenvalue weighted by atomic mass is 10.1. The summed E-state index contributed by atoms with van der Waals surface area (Å²) < 4.78 is 61.4. The van der Waals surface area contributed by atoms with E-state index in [0.29, 0.717) is 5.52 Å². The second-order valence-corrected chi connectivity index (χ2v) is 7.64. The number of rotatable bonds is 5. The summed E-state index contributed by atoms with van der Waals surface area (Å²) in [6.45, 7) is 3.58. The van der Waals surface area contributed by atoms with E-state index in [1.807, 2.05) is 0 Å². The van der Waals surface area contributed by atoms with E-state index in [4.69, 9.17) is 4.74 Å². The summed E-state index contributed by atoms with van der Waals surface area (Å²) in [5.74, 6) is -1.96. The van der Waals surface area contributed by atoms with Crippen molar-refractivity contribution in [1.82, 2.24) is 14.5 Å². The molecule has 4 rings (SSSR count). The van der Waals surface area contributed by atoms with E-state index in [0.717, 1.165) is 18.2 Å². The molecule has 4 aromatic rings. The number of anilines is 1. The fourth-order valence-corrected chi connectivity index (χ4v) is 3.51. The molecule has 0 saturated carbocycles. The predicted molar refractivity (Wildman–Crippen MR) is 117 cm³/mol. The summed E-state index contributed by atoms with van der Waals surface area (Å²) in [7, 11) is 0. The van der Waals surface area contributed by atoms with E-state index in [1.54, 1.807) is 13.8 Å². The van der Waals surface area contributed by atoms with Gasteiger partial charge in [0.25, 0.3) is 5.91 Å². The van der Waals surface area contributed by atoms with Gasteiger partial charge in [0, 0.05) is 30.1 Å². The van der Waals surface area contributed by atoms with Crippen molar-refractivity contribution in [3.05, 3.63) is 82.2 Å². The zero-order valence-electron chi connectivity index (χ0n) is 17.9. The number of imidazole rings is 1. The fraction of sp³-hybridized carbons (Fsp3) is 0.174. The summed E-state index contributed by atoms with van der Waals surface area (Å²) in [5.41, 5.74) is -1.53. The van der Waals surface area contributed by atoms with Gasteiger partial charge in [-0.15, -0.1) is 0 Å². The quantitative estimate of drug-likeness (QED) is 0.374. The number of hydrogen-bond donors (Lipinski definition) is 2. The minimum Gasteiger partial charge on any atom is -0.452 e. The van der Waals surface area contributed by atoms with Crippen LogP contribution in [0.15, 0.2) is 59.5 Å². The van der Waals surface area contributed by atoms with Gasteiger partial charge in [-0.25, -0.2) is 14.2 Å². The van der Waals surface area contributed by atoms with E-state index in [9.17, 15) is 27.2 Å². The molecule has 11 heteroatoms. The van der Waals surface area contributed by atoms with Crippen LogP contribution in [0, 0.1) is 5.82 Å². The van der Waals surface area contributed by atoms with Crippen LogP contribution in [0.2, 0.25) is 0 Å². The molecule has 0 unspecified atom stereocenters. The number of nitrogens with one attached hydrogen (secondary N) is 2. The molecular formula is C23H18F4N4O3. The van der Waals surface area contributed by atoms with Gasteiger partial charge in [-0.05, 0) is 38.1 Å². The summed E-state index contributed by atoms with van der Waals surface area (Å²) in [6.07, 6.45) is -3.33. The van der Waals surface area contributed by atoms with Crippen molar-refractivity contribution >= 4 is 22.8 Å². The number of ether oxygens (including phenoxy) is 1. The Morgan fingerprint density at radius 3 is 2.53 bits per heavy atom. The number of halogens is 4. The van der Waals surface area contributed by atoms with Crippen LogP contribution in [0.3, 0.4) is 0 Å². The number of fused-ring (bicyclic) bond motifs is 1. The van der Waals surface area contributed by atoms with Gasteiger partial charge in [0.15, 0.2) is 23.0 Å². The smallest absolute Gasteiger partial charge is 0.417 e. The van der Waals surface area contributed by atoms with Crippen molar-refractivity contribution in [2.45, 2.75) is 26.1 Å². The maximum Gasteiger partial charge on any atom is 0.417 e. The highest BCUT2D eigenvalue weighted by Gasteiger charge is 2.34. The molecule has 0 radical (unpaired) electrons. The van der Waals surface area contributed by atoms with Crippen LogP contribution in [0.4, 0.5) is 23.2 Å². The highest BCUT2D eigenvalue weighted by atomic mass is 19.4. The second-order valence-electron chi connectivity index (χ2n) is 7.64. The van der Waals surface area contributed by atoms with Gasteiger partial charge >= 0.3 is 11.9 Å². The Morgan fingerprint density at radius 1 is 1.12 bits per heavy atom. The van der Waals surface area contributed by atoms with Crippen LogP contribution < -0.4 is 15.7 Å². The zero-order valence-corrected chi connectivity index (χ0v) is 17.9. The second kappa shape index (κ2) is 8.65. The van der Waals surface area contributed by atoms with Crippen LogP contribution in [0.25, 0.3) is 11.2 Å². The first-order valence-electron chi connectivity index (χ1n) is 10.1. The molecule has 34 heavy (non-hydrogen) atoms. The third-order valence-corrected chi connectivity index (χ3v) is 4.98. The number of carbonyl (C=O) groups is 1. The van der Waals surface area contributed by atoms with Crippen LogP contribution >= 0.6 is 0 Å². The maximum atomic E-state index is 14.8. The number of pyridine rings is 1. The number of aromatic nitrogens is 3. The lowest BCUT2D eigenvalue weighted by molar-refractivity contribution is -0.137. The van der Waals surface area contributed by atoms with Gasteiger partial charge in [-0.2, -0.15) is 13.2 Å². The van der Waals surface area contributed by atoms with Crippen molar-refractivity contribution in [2.75, 3.05) is 5.32 Å². The molecule has 1 amide bonds. The summed E-state index contributed by atoms with van der Waals surface area (Å²) in [4.78, 5) is 31.3. The van der Waals surface area contributed by atoms with Crippen LogP contribution in [0.5, 0.6) is 11.5 Å². The summed E-state index contributed by atoms with van der Waals surface area (Å²) >= 11 is 0. The minimum atomic E-state index is -4.72. The molecular weight excluding hydrogens is 456 g/mol. The Labute approximate surface area is 190 Å². The number of amides is 1. The molecule has 0 aliphatic carbocycles. The first-order chi connectivity index (χ1) is 16.1. The average molecular weight is 474 g/mol. The normalized spacial score (nSPS) is 11.7. The van der Waals surface area contributed by atoms with Crippen molar-refractivity contribution in [1.29, 1.82) is 0 Å². The number of nitrogens with zero attached hydrogens (tertiary/aromatic N) is 2. The monoisotopic (exact) mass is 474 g/mol. The number of hydrogen-bond acceptors (Lipinski definition) is 4. The third kappa shape index (κ3) is 4.36. The van der Waals surface area contributed by atoms with E-state index in [1.165, 1.54) is 41.1 Å². The fourth-order valence-electron chi connectivity index (χ4n) is 3.51. The van der Waals surface area contributed by atoms with E-state index >= 15 is 0 Å². The first-order valence-corrected chi connectivity index (χ1v) is 10.1. The maximum absolute atomic E-state index is 14.8. The summed E-state index contributed by atoms with van der Waals surface area (Å²) in [5, 5.41) is 2.26. The zero-order chi connectivity index (χ0) is 24.6. The number of aromatic amines is 1. The molecule has 2 heterocycles. The molecule has 0 aliphatic rings. The molecule has 0 aliphatic heterocycles. The molecule has 176 valence electrons. The average Bonchev–Trinajstić information content (AvgIpc) is 3.12. The Bertz CT molecular complexity index is 1440. The number of alkyl halides is 3. The van der Waals surface area contributed by atoms with Crippen LogP contribution in [-0.2, 0) is 6.18 Å². The highest BCUT2D eigenvalue weighted by molar-refractivity contribution is 6.05. The molecule has 0 spiro atoms. The SMILES string of the molecule is CC(C)n1c(=O)[nH]c2nccc(Oc3ccc(NC(=O)c4ccccc4C(F)(F)F)cc3F)c21. The molecule has 2 aromatic carbocycles. The Morgan fingerprint density at radius 2 is 1.85 bits per heavy atom. The Balaban J connectivity index is 1.61. The van der Waals surface area contributed by atoms with Crippen LogP contribution in [-0.4, -0.2) is 20.4 Å². The topological polar surface area (TPSA) is 89.0 Å². The first kappa shape index (κ1) is 23.0. The molecule has 2 N–H and O–H groups in total. The van der Waals surface area contributed by atoms with Gasteiger partial charge in [-0.1, -0.05) is 12.1 Å². The van der Waals surface area contributed by atoms with Crippen molar-refractivity contribution in [3.8, 4) is 11.5 Å². The van der Waals surface area contributed by atoms with Gasteiger partial charge in [0.1, 0.15) is 5.52 Å². The van der Waals surface area contributed by atoms with E-state index in [2.05, 4.69) is 15.3 Å². The molecule has 7 nitrogen and oxygen atoms in total. The predicted octanol–water partition coefficient (Wildman–Crippen LogP) is 5.51. The number of benzene rings is 2. The largest absolute Gasteiger partial charge is 0.452 e. The Kier molecular flexibility index (Phi) is 5.86. The van der Waals surface area contributed by atoms with E-state index < -0.39 is 34.7 Å². The van der Waals surface area contributed by atoms with Crippen LogP contribution in [0.1, 0.15) is 35.8 Å². The van der Waals surface area contributed by atoms with Gasteiger partial charge in [0.05, 0.1) is 11.1 Å². The van der Waals surface area contributed by atoms with Gasteiger partial charge in [0.2, 0.25) is 0 Å². The standard InChI is InChI=1S/C23H18F4N4O3/c1-12(2)31-19-18(9-10-28-20(19)30-22(31)33)34-17-8-7-13(11-16(17)24)29-21(32)14-5-3-4-6-15(14)23(25,26)27/h3-12H,1-2H3,(H,29,32)(H,28,30,33). The lowest BCUT2D eigenvalue weighted by Gasteiger charge is -2.14. The molecule has 2 aromatic heterocycles. The summed E-state index contributed by atoms with van der Waals surface area (Å²) in [6, 6.07) is 8.97. The number of carbonyl (C=O) groups excluding carboxylic acids is 1. The minimum absolute atomic E-state index is 0.0626. The third-order valence-electron chi connectivity index (χ3n) is 4.98. The van der Waals surface area contributed by atoms with Crippen molar-refractivity contribution in [3.63, 3.8) is 0 Å². The van der Waals surface area contributed by atoms with Crippen molar-refractivity contribution in [2.24, 2.45) is 0 Å². The molecule has 0 saturated heterocycles. The van der Waals surface area contributed by atoms with E-state index in [-0.39, 0.29) is 28.9 Å². The number of H-pyrrole nitrogens is 1. The molecule has 0 fully saturated rings. The van der Waals surface area contributed by atoms with Crippen molar-refractivity contribution < 1.29 is 27.1 Å². The Hall–Kier alpha value is -4.15. The van der Waals surface area contributed by atoms with Gasteiger partial charge in [-0.3, -0.25) is 14.3 Å². The lowest BCUT2D eigenvalue weighted by Crippen LogP contribution is -2.18. The van der Waals surface area contributed by atoms with Gasteiger partial charge < -0.3 is 10.1 Å². The highest BCUT2D eigenvalue weighted by Crippen LogP contribution is 2.33.